The molecule has 0 aliphatic carbocycles. The molecule has 2 aromatic rings. The van der Waals surface area contributed by atoms with E-state index >= 15 is 0 Å². The van der Waals surface area contributed by atoms with Gasteiger partial charge >= 0.3 is 0 Å². The van der Waals surface area contributed by atoms with E-state index in [1.54, 1.807) is 4.90 Å². The van der Waals surface area contributed by atoms with E-state index < -0.39 is 15.9 Å². The van der Waals surface area contributed by atoms with Crippen LogP contribution >= 0.6 is 0 Å². The van der Waals surface area contributed by atoms with Crippen molar-refractivity contribution in [2.45, 2.75) is 17.7 Å². The van der Waals surface area contributed by atoms with Crippen molar-refractivity contribution in [1.29, 1.82) is 0 Å². The average molecular weight is 403 g/mol. The second-order valence-electron chi connectivity index (χ2n) is 6.41. The van der Waals surface area contributed by atoms with Crippen LogP contribution in [0.1, 0.15) is 33.6 Å². The number of hydrogen-bond acceptors (Lipinski definition) is 5. The largest absolute Gasteiger partial charge is 0.496 e. The predicted molar refractivity (Wildman–Crippen MR) is 104 cm³/mol. The zero-order valence-electron chi connectivity index (χ0n) is 15.3. The summed E-state index contributed by atoms with van der Waals surface area (Å²) in [7, 11) is -2.51. The molecular formula is C19H21N3O5S. The Balaban J connectivity index is 1.89. The summed E-state index contributed by atoms with van der Waals surface area (Å²) < 4.78 is 33.2. The second-order valence-corrected chi connectivity index (χ2v) is 8.09. The van der Waals surface area contributed by atoms with Crippen LogP contribution in [-0.4, -0.2) is 45.3 Å². The highest BCUT2D eigenvalue weighted by molar-refractivity contribution is 7.92. The topological polar surface area (TPSA) is 119 Å². The highest BCUT2D eigenvalue weighted by atomic mass is 32.2. The molecule has 0 radical (unpaired) electrons. The monoisotopic (exact) mass is 403 g/mol. The van der Waals surface area contributed by atoms with E-state index in [-0.39, 0.29) is 27.6 Å². The summed E-state index contributed by atoms with van der Waals surface area (Å²) in [4.78, 5) is 25.5. The van der Waals surface area contributed by atoms with Crippen LogP contribution in [0.25, 0.3) is 0 Å². The minimum Gasteiger partial charge on any atom is -0.496 e. The fourth-order valence-electron chi connectivity index (χ4n) is 3.03. The van der Waals surface area contributed by atoms with Crippen LogP contribution in [0.2, 0.25) is 0 Å². The molecular weight excluding hydrogens is 382 g/mol. The van der Waals surface area contributed by atoms with Gasteiger partial charge in [0.05, 0.1) is 17.6 Å². The van der Waals surface area contributed by atoms with Crippen molar-refractivity contribution in [3.8, 4) is 5.75 Å². The number of sulfonamides is 1. The number of primary amides is 1. The smallest absolute Gasteiger partial charge is 0.261 e. The van der Waals surface area contributed by atoms with Crippen LogP contribution in [0, 0.1) is 0 Å². The van der Waals surface area contributed by atoms with Crippen LogP contribution in [0.4, 0.5) is 5.69 Å². The molecule has 148 valence electrons. The number of ether oxygens (including phenoxy) is 1. The summed E-state index contributed by atoms with van der Waals surface area (Å²) in [6.45, 7) is 1.28. The van der Waals surface area contributed by atoms with Gasteiger partial charge in [0.1, 0.15) is 5.75 Å². The standard InChI is InChI=1S/C19H21N3O5S/c1-27-17-9-8-15(12-16(17)19(24)22-10-2-3-11-22)28(25,26)21-14-6-4-13(5-7-14)18(20)23/h4-9,12,21H,2-3,10-11H2,1H3,(H2,20,23). The first-order valence-electron chi connectivity index (χ1n) is 8.72. The Hall–Kier alpha value is -3.07. The Morgan fingerprint density at radius 3 is 2.29 bits per heavy atom. The highest BCUT2D eigenvalue weighted by Crippen LogP contribution is 2.26. The van der Waals surface area contributed by atoms with Crippen LogP contribution in [0.15, 0.2) is 47.4 Å². The summed E-state index contributed by atoms with van der Waals surface area (Å²) in [6, 6.07) is 9.90. The zero-order valence-corrected chi connectivity index (χ0v) is 16.2. The number of hydrogen-bond donors (Lipinski definition) is 2. The maximum atomic E-state index is 12.8. The molecule has 8 nitrogen and oxygen atoms in total. The van der Waals surface area contributed by atoms with Crippen LogP contribution in [-0.2, 0) is 10.0 Å². The fraction of sp³-hybridized carbons (Fsp3) is 0.263. The average Bonchev–Trinajstić information content (AvgIpc) is 3.21. The van der Waals surface area contributed by atoms with Crippen molar-refractivity contribution in [2.24, 2.45) is 5.73 Å². The number of carbonyl (C=O) groups is 2. The maximum absolute atomic E-state index is 12.8. The normalized spacial score (nSPS) is 14.0. The molecule has 1 heterocycles. The number of anilines is 1. The van der Waals surface area contributed by atoms with E-state index in [4.69, 9.17) is 10.5 Å². The molecule has 3 N–H and O–H groups in total. The summed E-state index contributed by atoms with van der Waals surface area (Å²) in [5.74, 6) is -0.534. The van der Waals surface area contributed by atoms with Gasteiger partial charge in [-0.3, -0.25) is 14.3 Å². The lowest BCUT2D eigenvalue weighted by Crippen LogP contribution is -2.28. The lowest BCUT2D eigenvalue weighted by Gasteiger charge is -2.18. The molecule has 1 aliphatic rings. The number of amides is 2. The van der Waals surface area contributed by atoms with E-state index in [0.29, 0.717) is 18.8 Å². The first-order chi connectivity index (χ1) is 13.3. The number of methoxy groups -OCH3 is 1. The van der Waals surface area contributed by atoms with Gasteiger partial charge in [0, 0.05) is 24.3 Å². The molecule has 9 heteroatoms. The summed E-state index contributed by atoms with van der Waals surface area (Å²) in [5, 5.41) is 0. The number of nitrogens with two attached hydrogens (primary N) is 1. The number of benzene rings is 2. The van der Waals surface area contributed by atoms with Crippen LogP contribution < -0.4 is 15.2 Å². The molecule has 0 aromatic heterocycles. The molecule has 2 aromatic carbocycles. The number of nitrogens with one attached hydrogen (secondary N) is 1. The third kappa shape index (κ3) is 4.09. The molecule has 28 heavy (non-hydrogen) atoms. The first-order valence-corrected chi connectivity index (χ1v) is 10.2. The van der Waals surface area contributed by atoms with Gasteiger partial charge in [0.15, 0.2) is 0 Å². The van der Waals surface area contributed by atoms with Gasteiger partial charge in [-0.05, 0) is 55.3 Å². The van der Waals surface area contributed by atoms with Crippen molar-refractivity contribution in [2.75, 3.05) is 24.9 Å². The minimum atomic E-state index is -3.94. The Morgan fingerprint density at radius 2 is 1.71 bits per heavy atom. The van der Waals surface area contributed by atoms with Gasteiger partial charge < -0.3 is 15.4 Å². The molecule has 1 aliphatic heterocycles. The Labute approximate surface area is 163 Å². The molecule has 0 unspecified atom stereocenters. The van der Waals surface area contributed by atoms with Gasteiger partial charge in [0.2, 0.25) is 5.91 Å². The van der Waals surface area contributed by atoms with Gasteiger partial charge in [-0.1, -0.05) is 0 Å². The molecule has 3 rings (SSSR count). The third-order valence-corrected chi connectivity index (χ3v) is 5.91. The Morgan fingerprint density at radius 1 is 1.07 bits per heavy atom. The van der Waals surface area contributed by atoms with E-state index in [2.05, 4.69) is 4.72 Å². The lowest BCUT2D eigenvalue weighted by molar-refractivity contribution is 0.0789. The molecule has 2 amide bonds. The lowest BCUT2D eigenvalue weighted by atomic mass is 10.1. The minimum absolute atomic E-state index is 0.0603. The molecule has 0 spiro atoms. The predicted octanol–water partition coefficient (Wildman–Crippen LogP) is 1.83. The van der Waals surface area contributed by atoms with Crippen LogP contribution in [0.5, 0.6) is 5.75 Å². The SMILES string of the molecule is COc1ccc(S(=O)(=O)Nc2ccc(C(N)=O)cc2)cc1C(=O)N1CCCC1. The number of carbonyl (C=O) groups excluding carboxylic acids is 2. The van der Waals surface area contributed by atoms with Gasteiger partial charge in [-0.2, -0.15) is 0 Å². The summed E-state index contributed by atoms with van der Waals surface area (Å²) in [5.41, 5.74) is 5.93. The molecule has 1 fully saturated rings. The van der Waals surface area contributed by atoms with E-state index in [1.165, 1.54) is 49.6 Å². The fourth-order valence-corrected chi connectivity index (χ4v) is 4.11. The zero-order chi connectivity index (χ0) is 20.3. The quantitative estimate of drug-likeness (QED) is 0.763. The first kappa shape index (κ1) is 19.7. The van der Waals surface area contributed by atoms with Crippen molar-refractivity contribution >= 4 is 27.5 Å². The Bertz CT molecular complexity index is 997. The van der Waals surface area contributed by atoms with Gasteiger partial charge in [-0.25, -0.2) is 8.42 Å². The van der Waals surface area contributed by atoms with Crippen molar-refractivity contribution in [3.63, 3.8) is 0 Å². The number of rotatable bonds is 6. The summed E-state index contributed by atoms with van der Waals surface area (Å²) in [6.07, 6.45) is 1.85. The number of likely N-dealkylation sites (tertiary alicyclic amines) is 1. The Kier molecular flexibility index (Phi) is 5.55. The van der Waals surface area contributed by atoms with E-state index in [9.17, 15) is 18.0 Å². The second kappa shape index (κ2) is 7.89. The van der Waals surface area contributed by atoms with E-state index in [0.717, 1.165) is 12.8 Å². The van der Waals surface area contributed by atoms with Crippen molar-refractivity contribution < 1.29 is 22.7 Å². The highest BCUT2D eigenvalue weighted by Gasteiger charge is 2.25. The molecule has 0 saturated carbocycles. The van der Waals surface area contributed by atoms with Crippen molar-refractivity contribution in [1.82, 2.24) is 4.90 Å². The van der Waals surface area contributed by atoms with Gasteiger partial charge in [0.25, 0.3) is 15.9 Å². The molecule has 1 saturated heterocycles. The molecule has 0 atom stereocenters. The van der Waals surface area contributed by atoms with E-state index in [1.807, 2.05) is 0 Å². The van der Waals surface area contributed by atoms with Gasteiger partial charge in [-0.15, -0.1) is 0 Å². The number of nitrogens with zero attached hydrogens (tertiary/aromatic N) is 1. The summed E-state index contributed by atoms with van der Waals surface area (Å²) >= 11 is 0. The third-order valence-electron chi connectivity index (χ3n) is 4.53. The van der Waals surface area contributed by atoms with Crippen molar-refractivity contribution in [3.05, 3.63) is 53.6 Å². The maximum Gasteiger partial charge on any atom is 0.261 e. The molecule has 0 bridgehead atoms. The van der Waals surface area contributed by atoms with Crippen LogP contribution in [0.3, 0.4) is 0 Å².